The molecule has 3 heterocycles. The zero-order valence-electron chi connectivity index (χ0n) is 13.8. The molecule has 0 amide bonds. The first-order valence-electron chi connectivity index (χ1n) is 8.14. The van der Waals surface area contributed by atoms with Crippen LogP contribution in [0.2, 0.25) is 0 Å². The predicted molar refractivity (Wildman–Crippen MR) is 91.8 cm³/mol. The van der Waals surface area contributed by atoms with Gasteiger partial charge in [-0.15, -0.1) is 0 Å². The number of para-hydroxylation sites is 2. The highest BCUT2D eigenvalue weighted by atomic mass is 15.3. The Labute approximate surface area is 136 Å². The van der Waals surface area contributed by atoms with E-state index in [1.807, 2.05) is 19.3 Å². The maximum atomic E-state index is 4.84. The van der Waals surface area contributed by atoms with Crippen molar-refractivity contribution in [2.45, 2.75) is 32.7 Å². The molecular formula is C18H21N5. The summed E-state index contributed by atoms with van der Waals surface area (Å²) in [6.07, 6.45) is 3.75. The molecule has 0 N–H and O–H groups in total. The van der Waals surface area contributed by atoms with Gasteiger partial charge in [-0.2, -0.15) is 0 Å². The van der Waals surface area contributed by atoms with Gasteiger partial charge in [-0.3, -0.25) is 0 Å². The molecule has 1 saturated heterocycles. The average molecular weight is 307 g/mol. The van der Waals surface area contributed by atoms with Gasteiger partial charge in [0.15, 0.2) is 0 Å². The molecule has 118 valence electrons. The van der Waals surface area contributed by atoms with Gasteiger partial charge in [0.05, 0.1) is 17.1 Å². The number of benzene rings is 1. The first-order valence-corrected chi connectivity index (χ1v) is 8.14. The Morgan fingerprint density at radius 1 is 1.09 bits per heavy atom. The Bertz CT molecular complexity index is 828. The summed E-state index contributed by atoms with van der Waals surface area (Å²) < 4.78 is 2.41. The van der Waals surface area contributed by atoms with Crippen molar-refractivity contribution < 1.29 is 0 Å². The standard InChI is InChI=1S/C18H21N5/c1-12(2)17-21-15-6-4-5-7-16(15)23(17)14-10-22(11-14)18-19-8-13(3)9-20-18/h4-9,12,14H,10-11H2,1-3H3. The maximum Gasteiger partial charge on any atom is 0.225 e. The Morgan fingerprint density at radius 2 is 1.78 bits per heavy atom. The van der Waals surface area contributed by atoms with Gasteiger partial charge in [0, 0.05) is 31.4 Å². The van der Waals surface area contributed by atoms with Crippen LogP contribution in [0.4, 0.5) is 5.95 Å². The van der Waals surface area contributed by atoms with Crippen molar-refractivity contribution >= 4 is 17.0 Å². The zero-order chi connectivity index (χ0) is 16.0. The van der Waals surface area contributed by atoms with Crippen LogP contribution in [-0.2, 0) is 0 Å². The number of hydrogen-bond donors (Lipinski definition) is 0. The van der Waals surface area contributed by atoms with E-state index in [0.717, 1.165) is 30.1 Å². The van der Waals surface area contributed by atoms with Crippen molar-refractivity contribution in [1.82, 2.24) is 19.5 Å². The molecule has 0 saturated carbocycles. The normalized spacial score (nSPS) is 15.4. The molecule has 1 aromatic carbocycles. The lowest BCUT2D eigenvalue weighted by Crippen LogP contribution is -2.49. The van der Waals surface area contributed by atoms with Crippen molar-refractivity contribution in [3.63, 3.8) is 0 Å². The summed E-state index contributed by atoms with van der Waals surface area (Å²) >= 11 is 0. The summed E-state index contributed by atoms with van der Waals surface area (Å²) in [6.45, 7) is 8.29. The fourth-order valence-corrected chi connectivity index (χ4v) is 3.19. The van der Waals surface area contributed by atoms with Gasteiger partial charge in [-0.1, -0.05) is 26.0 Å². The first kappa shape index (κ1) is 14.2. The van der Waals surface area contributed by atoms with E-state index in [1.54, 1.807) is 0 Å². The molecule has 1 aliphatic rings. The molecule has 0 spiro atoms. The summed E-state index contributed by atoms with van der Waals surface area (Å²) in [5.74, 6) is 2.40. The fraction of sp³-hybridized carbons (Fsp3) is 0.389. The maximum absolute atomic E-state index is 4.84. The molecule has 23 heavy (non-hydrogen) atoms. The number of anilines is 1. The Kier molecular flexibility index (Phi) is 3.29. The third kappa shape index (κ3) is 2.36. The molecule has 0 bridgehead atoms. The molecule has 1 fully saturated rings. The van der Waals surface area contributed by atoms with E-state index in [1.165, 1.54) is 11.3 Å². The molecule has 3 aromatic rings. The number of nitrogens with zero attached hydrogens (tertiary/aromatic N) is 5. The Balaban J connectivity index is 1.64. The molecular weight excluding hydrogens is 286 g/mol. The molecule has 2 aromatic heterocycles. The van der Waals surface area contributed by atoms with Crippen molar-refractivity contribution in [2.24, 2.45) is 0 Å². The SMILES string of the molecule is Cc1cnc(N2CC(n3c(C(C)C)nc4ccccc43)C2)nc1. The molecule has 0 aliphatic carbocycles. The van der Waals surface area contributed by atoms with Crippen LogP contribution in [0.15, 0.2) is 36.7 Å². The van der Waals surface area contributed by atoms with Crippen molar-refractivity contribution in [2.75, 3.05) is 18.0 Å². The van der Waals surface area contributed by atoms with E-state index in [4.69, 9.17) is 4.98 Å². The predicted octanol–water partition coefficient (Wildman–Crippen LogP) is 3.32. The molecule has 0 atom stereocenters. The van der Waals surface area contributed by atoms with E-state index < -0.39 is 0 Å². The summed E-state index contributed by atoms with van der Waals surface area (Å²) in [5, 5.41) is 0. The third-order valence-electron chi connectivity index (χ3n) is 4.42. The lowest BCUT2D eigenvalue weighted by Gasteiger charge is -2.41. The molecule has 0 unspecified atom stereocenters. The van der Waals surface area contributed by atoms with Crippen LogP contribution in [-0.4, -0.2) is 32.6 Å². The minimum absolute atomic E-state index is 0.409. The Hall–Kier alpha value is -2.43. The van der Waals surface area contributed by atoms with Crippen LogP contribution >= 0.6 is 0 Å². The third-order valence-corrected chi connectivity index (χ3v) is 4.42. The zero-order valence-corrected chi connectivity index (χ0v) is 13.8. The smallest absolute Gasteiger partial charge is 0.225 e. The van der Waals surface area contributed by atoms with Gasteiger partial charge in [0.25, 0.3) is 0 Å². The fourth-order valence-electron chi connectivity index (χ4n) is 3.19. The van der Waals surface area contributed by atoms with Crippen LogP contribution < -0.4 is 4.90 Å². The largest absolute Gasteiger partial charge is 0.337 e. The van der Waals surface area contributed by atoms with Gasteiger partial charge in [-0.25, -0.2) is 15.0 Å². The van der Waals surface area contributed by atoms with Crippen molar-refractivity contribution in [1.29, 1.82) is 0 Å². The summed E-state index contributed by atoms with van der Waals surface area (Å²) in [7, 11) is 0. The van der Waals surface area contributed by atoms with Gasteiger partial charge < -0.3 is 9.47 Å². The molecule has 5 nitrogen and oxygen atoms in total. The average Bonchev–Trinajstić information content (AvgIpc) is 2.88. The van der Waals surface area contributed by atoms with Crippen LogP contribution in [0.3, 0.4) is 0 Å². The molecule has 1 aliphatic heterocycles. The molecule has 4 rings (SSSR count). The second-order valence-electron chi connectivity index (χ2n) is 6.60. The van der Waals surface area contributed by atoms with E-state index in [0.29, 0.717) is 12.0 Å². The summed E-state index contributed by atoms with van der Waals surface area (Å²) in [4.78, 5) is 15.9. The number of imidazole rings is 1. The highest BCUT2D eigenvalue weighted by Crippen LogP contribution is 2.32. The highest BCUT2D eigenvalue weighted by Gasteiger charge is 2.33. The van der Waals surface area contributed by atoms with Gasteiger partial charge in [0.1, 0.15) is 5.82 Å². The highest BCUT2D eigenvalue weighted by molar-refractivity contribution is 5.76. The summed E-state index contributed by atoms with van der Waals surface area (Å²) in [5.41, 5.74) is 3.40. The number of hydrogen-bond acceptors (Lipinski definition) is 4. The summed E-state index contributed by atoms with van der Waals surface area (Å²) in [6, 6.07) is 8.84. The van der Waals surface area contributed by atoms with Gasteiger partial charge >= 0.3 is 0 Å². The second-order valence-corrected chi connectivity index (χ2v) is 6.60. The van der Waals surface area contributed by atoms with E-state index in [9.17, 15) is 0 Å². The number of aryl methyl sites for hydroxylation is 1. The number of fused-ring (bicyclic) bond motifs is 1. The number of rotatable bonds is 3. The van der Waals surface area contributed by atoms with Crippen LogP contribution in [0.1, 0.15) is 37.2 Å². The van der Waals surface area contributed by atoms with Crippen LogP contribution in [0.5, 0.6) is 0 Å². The second kappa shape index (κ2) is 5.33. The van der Waals surface area contributed by atoms with Crippen molar-refractivity contribution in [3.05, 3.63) is 48.0 Å². The first-order chi connectivity index (χ1) is 11.1. The minimum atomic E-state index is 0.409. The number of aromatic nitrogens is 4. The van der Waals surface area contributed by atoms with E-state index >= 15 is 0 Å². The van der Waals surface area contributed by atoms with Crippen molar-refractivity contribution in [3.8, 4) is 0 Å². The van der Waals surface area contributed by atoms with Crippen LogP contribution in [0.25, 0.3) is 11.0 Å². The molecule has 0 radical (unpaired) electrons. The Morgan fingerprint density at radius 3 is 2.48 bits per heavy atom. The minimum Gasteiger partial charge on any atom is -0.337 e. The van der Waals surface area contributed by atoms with Crippen LogP contribution in [0, 0.1) is 6.92 Å². The molecule has 5 heteroatoms. The monoisotopic (exact) mass is 307 g/mol. The van der Waals surface area contributed by atoms with Gasteiger partial charge in [0.2, 0.25) is 5.95 Å². The van der Waals surface area contributed by atoms with E-state index in [-0.39, 0.29) is 0 Å². The van der Waals surface area contributed by atoms with E-state index in [2.05, 4.69) is 57.5 Å². The van der Waals surface area contributed by atoms with Gasteiger partial charge in [-0.05, 0) is 24.6 Å². The topological polar surface area (TPSA) is 46.8 Å². The lowest BCUT2D eigenvalue weighted by molar-refractivity contribution is 0.387. The lowest BCUT2D eigenvalue weighted by atomic mass is 10.1. The quantitative estimate of drug-likeness (QED) is 0.745.